The zero-order valence-electron chi connectivity index (χ0n) is 15.3. The highest BCUT2D eigenvalue weighted by atomic mass is 16.2. The molecule has 1 atom stereocenters. The van der Waals surface area contributed by atoms with Crippen LogP contribution in [-0.2, 0) is 9.59 Å². The van der Waals surface area contributed by atoms with Crippen LogP contribution in [0, 0.1) is 11.8 Å². The van der Waals surface area contributed by atoms with Crippen LogP contribution in [0.15, 0.2) is 24.3 Å². The first-order valence-corrected chi connectivity index (χ1v) is 9.10. The molecular formula is C20H28N2O3. The van der Waals surface area contributed by atoms with Crippen LogP contribution < -0.4 is 10.6 Å². The van der Waals surface area contributed by atoms with E-state index in [-0.39, 0.29) is 29.4 Å². The van der Waals surface area contributed by atoms with Gasteiger partial charge in [-0.3, -0.25) is 14.4 Å². The summed E-state index contributed by atoms with van der Waals surface area (Å²) in [4.78, 5) is 36.6. The number of rotatable bonds is 6. The SMILES string of the molecule is CC(=O)c1cccc(NC(=O)C(NC(=O)C2CCCCC2)C(C)C)c1. The fourth-order valence-corrected chi connectivity index (χ4v) is 3.21. The molecule has 2 amide bonds. The number of nitrogens with one attached hydrogen (secondary N) is 2. The Morgan fingerprint density at radius 2 is 1.76 bits per heavy atom. The minimum Gasteiger partial charge on any atom is -0.344 e. The van der Waals surface area contributed by atoms with Crippen LogP contribution in [0.5, 0.6) is 0 Å². The molecule has 1 unspecified atom stereocenters. The highest BCUT2D eigenvalue weighted by Gasteiger charge is 2.28. The molecule has 0 bridgehead atoms. The Labute approximate surface area is 149 Å². The van der Waals surface area contributed by atoms with Crippen molar-refractivity contribution in [1.82, 2.24) is 5.32 Å². The van der Waals surface area contributed by atoms with E-state index in [0.29, 0.717) is 11.3 Å². The van der Waals surface area contributed by atoms with Crippen LogP contribution in [0.4, 0.5) is 5.69 Å². The molecule has 5 nitrogen and oxygen atoms in total. The molecule has 5 heteroatoms. The smallest absolute Gasteiger partial charge is 0.247 e. The second-order valence-corrected chi connectivity index (χ2v) is 7.19. The maximum Gasteiger partial charge on any atom is 0.247 e. The van der Waals surface area contributed by atoms with Crippen LogP contribution in [0.3, 0.4) is 0 Å². The molecule has 2 N–H and O–H groups in total. The summed E-state index contributed by atoms with van der Waals surface area (Å²) >= 11 is 0. The third-order valence-electron chi connectivity index (χ3n) is 4.76. The van der Waals surface area contributed by atoms with E-state index in [0.717, 1.165) is 25.7 Å². The molecule has 1 aromatic carbocycles. The number of Topliss-reactive ketones (excluding diaryl/α,β-unsaturated/α-hetero) is 1. The van der Waals surface area contributed by atoms with Gasteiger partial charge in [-0.15, -0.1) is 0 Å². The average Bonchev–Trinajstić information content (AvgIpc) is 2.60. The number of carbonyl (C=O) groups excluding carboxylic acids is 3. The molecule has 1 aromatic rings. The van der Waals surface area contributed by atoms with Gasteiger partial charge in [0.25, 0.3) is 0 Å². The zero-order chi connectivity index (χ0) is 18.4. The van der Waals surface area contributed by atoms with Crippen molar-refractivity contribution in [3.8, 4) is 0 Å². The molecule has 2 rings (SSSR count). The van der Waals surface area contributed by atoms with Gasteiger partial charge >= 0.3 is 0 Å². The lowest BCUT2D eigenvalue weighted by atomic mass is 9.88. The Hall–Kier alpha value is -2.17. The monoisotopic (exact) mass is 344 g/mol. The van der Waals surface area contributed by atoms with Gasteiger partial charge in [-0.25, -0.2) is 0 Å². The summed E-state index contributed by atoms with van der Waals surface area (Å²) in [5.74, 6) is -0.333. The van der Waals surface area contributed by atoms with Crippen LogP contribution in [0.25, 0.3) is 0 Å². The summed E-state index contributed by atoms with van der Waals surface area (Å²) in [6.45, 7) is 5.32. The van der Waals surface area contributed by atoms with E-state index in [1.807, 2.05) is 13.8 Å². The van der Waals surface area contributed by atoms with Crippen molar-refractivity contribution in [3.05, 3.63) is 29.8 Å². The molecule has 1 aliphatic carbocycles. The number of hydrogen-bond acceptors (Lipinski definition) is 3. The number of carbonyl (C=O) groups is 3. The maximum absolute atomic E-state index is 12.6. The van der Waals surface area contributed by atoms with Gasteiger partial charge in [-0.2, -0.15) is 0 Å². The molecule has 0 radical (unpaired) electrons. The van der Waals surface area contributed by atoms with Crippen LogP contribution in [-0.4, -0.2) is 23.6 Å². The van der Waals surface area contributed by atoms with E-state index >= 15 is 0 Å². The predicted octanol–water partition coefficient (Wildman–Crippen LogP) is 3.55. The van der Waals surface area contributed by atoms with E-state index in [4.69, 9.17) is 0 Å². The molecule has 0 spiro atoms. The van der Waals surface area contributed by atoms with Gasteiger partial charge in [-0.1, -0.05) is 45.2 Å². The standard InChI is InChI=1S/C20H28N2O3/c1-13(2)18(22-19(24)15-8-5-4-6-9-15)20(25)21-17-11-7-10-16(12-17)14(3)23/h7,10-13,15,18H,4-6,8-9H2,1-3H3,(H,21,25)(H,22,24). The van der Waals surface area contributed by atoms with Crippen molar-refractivity contribution in [2.45, 2.75) is 58.9 Å². The van der Waals surface area contributed by atoms with Crippen molar-refractivity contribution in [2.75, 3.05) is 5.32 Å². The largest absolute Gasteiger partial charge is 0.344 e. The van der Waals surface area contributed by atoms with Crippen molar-refractivity contribution in [2.24, 2.45) is 11.8 Å². The van der Waals surface area contributed by atoms with Gasteiger partial charge in [0.1, 0.15) is 6.04 Å². The number of ketones is 1. The summed E-state index contributed by atoms with van der Waals surface area (Å²) in [6, 6.07) is 6.25. The van der Waals surface area contributed by atoms with E-state index in [1.54, 1.807) is 24.3 Å². The van der Waals surface area contributed by atoms with Crippen LogP contribution >= 0.6 is 0 Å². The van der Waals surface area contributed by atoms with E-state index < -0.39 is 6.04 Å². The summed E-state index contributed by atoms with van der Waals surface area (Å²) in [6.07, 6.45) is 5.14. The molecule has 1 aliphatic rings. The van der Waals surface area contributed by atoms with Gasteiger partial charge in [0, 0.05) is 17.2 Å². The van der Waals surface area contributed by atoms with Gasteiger partial charge in [0.2, 0.25) is 11.8 Å². The van der Waals surface area contributed by atoms with E-state index in [1.165, 1.54) is 13.3 Å². The highest BCUT2D eigenvalue weighted by molar-refractivity contribution is 5.99. The van der Waals surface area contributed by atoms with E-state index in [9.17, 15) is 14.4 Å². The van der Waals surface area contributed by atoms with Crippen molar-refractivity contribution in [1.29, 1.82) is 0 Å². The first kappa shape index (κ1) is 19.2. The lowest BCUT2D eigenvalue weighted by Crippen LogP contribution is -2.49. The van der Waals surface area contributed by atoms with Gasteiger partial charge in [-0.05, 0) is 37.8 Å². The minimum atomic E-state index is -0.588. The first-order chi connectivity index (χ1) is 11.9. The lowest BCUT2D eigenvalue weighted by molar-refractivity contribution is -0.130. The zero-order valence-corrected chi connectivity index (χ0v) is 15.3. The lowest BCUT2D eigenvalue weighted by Gasteiger charge is -2.26. The van der Waals surface area contributed by atoms with Gasteiger partial charge in [0.15, 0.2) is 5.78 Å². The minimum absolute atomic E-state index is 0.0174. The molecular weight excluding hydrogens is 316 g/mol. The van der Waals surface area contributed by atoms with E-state index in [2.05, 4.69) is 10.6 Å². The fraction of sp³-hybridized carbons (Fsp3) is 0.550. The Bertz CT molecular complexity index is 634. The van der Waals surface area contributed by atoms with Gasteiger partial charge < -0.3 is 10.6 Å². The molecule has 0 aromatic heterocycles. The number of benzene rings is 1. The molecule has 1 saturated carbocycles. The molecule has 0 aliphatic heterocycles. The summed E-state index contributed by atoms with van der Waals surface area (Å²) in [5.41, 5.74) is 1.11. The molecule has 136 valence electrons. The molecule has 1 fully saturated rings. The number of hydrogen-bond donors (Lipinski definition) is 2. The van der Waals surface area contributed by atoms with Crippen LogP contribution in [0.1, 0.15) is 63.2 Å². The van der Waals surface area contributed by atoms with Crippen LogP contribution in [0.2, 0.25) is 0 Å². The second kappa shape index (κ2) is 8.79. The average molecular weight is 344 g/mol. The quantitative estimate of drug-likeness (QED) is 0.775. The Morgan fingerprint density at radius 3 is 2.36 bits per heavy atom. The number of amides is 2. The maximum atomic E-state index is 12.6. The third-order valence-corrected chi connectivity index (χ3v) is 4.76. The molecule has 0 saturated heterocycles. The topological polar surface area (TPSA) is 75.3 Å². The Balaban J connectivity index is 2.03. The summed E-state index contributed by atoms with van der Waals surface area (Å²) in [7, 11) is 0. The predicted molar refractivity (Wildman–Crippen MR) is 98.4 cm³/mol. The van der Waals surface area contributed by atoms with Gasteiger partial charge in [0.05, 0.1) is 0 Å². The van der Waals surface area contributed by atoms with Crippen molar-refractivity contribution >= 4 is 23.3 Å². The molecule has 25 heavy (non-hydrogen) atoms. The summed E-state index contributed by atoms with van der Waals surface area (Å²) < 4.78 is 0. The Morgan fingerprint density at radius 1 is 1.08 bits per heavy atom. The second-order valence-electron chi connectivity index (χ2n) is 7.19. The molecule has 0 heterocycles. The summed E-state index contributed by atoms with van der Waals surface area (Å²) in [5, 5.41) is 5.75. The normalized spacial score (nSPS) is 16.3. The Kier molecular flexibility index (Phi) is 6.73. The van der Waals surface area contributed by atoms with Crippen molar-refractivity contribution in [3.63, 3.8) is 0 Å². The first-order valence-electron chi connectivity index (χ1n) is 9.10. The highest BCUT2D eigenvalue weighted by Crippen LogP contribution is 2.24. The fourth-order valence-electron chi connectivity index (χ4n) is 3.21. The van der Waals surface area contributed by atoms with Crippen molar-refractivity contribution < 1.29 is 14.4 Å². The number of anilines is 1. The third kappa shape index (κ3) is 5.41.